The summed E-state index contributed by atoms with van der Waals surface area (Å²) >= 11 is 0. The predicted molar refractivity (Wildman–Crippen MR) is 73.2 cm³/mol. The van der Waals surface area contributed by atoms with Gasteiger partial charge in [0.2, 0.25) is 0 Å². The first kappa shape index (κ1) is 13.2. The lowest BCUT2D eigenvalue weighted by Gasteiger charge is -2.30. The molecule has 0 radical (unpaired) electrons. The summed E-state index contributed by atoms with van der Waals surface area (Å²) in [4.78, 5) is 2.50. The highest BCUT2D eigenvalue weighted by molar-refractivity contribution is 5.46. The molecule has 3 nitrogen and oxygen atoms in total. The second-order valence-electron chi connectivity index (χ2n) is 5.11. The number of benzene rings is 1. The molecule has 0 unspecified atom stereocenters. The third kappa shape index (κ3) is 2.96. The third-order valence-corrected chi connectivity index (χ3v) is 3.75. The fourth-order valence-electron chi connectivity index (χ4n) is 2.54. The Bertz CT molecular complexity index is 384. The number of ether oxygens (including phenoxy) is 2. The minimum Gasteiger partial charge on any atom is -0.493 e. The van der Waals surface area contributed by atoms with Gasteiger partial charge in [-0.05, 0) is 37.9 Å². The largest absolute Gasteiger partial charge is 0.493 e. The molecule has 0 amide bonds. The summed E-state index contributed by atoms with van der Waals surface area (Å²) in [5, 5.41) is 0. The Balaban J connectivity index is 2.09. The molecule has 1 aliphatic heterocycles. The van der Waals surface area contributed by atoms with Crippen LogP contribution in [-0.2, 0) is 6.54 Å². The van der Waals surface area contributed by atoms with E-state index >= 15 is 0 Å². The van der Waals surface area contributed by atoms with Gasteiger partial charge in [0.05, 0.1) is 14.2 Å². The van der Waals surface area contributed by atoms with Crippen LogP contribution in [0.25, 0.3) is 0 Å². The third-order valence-electron chi connectivity index (χ3n) is 3.75. The molecule has 0 atom stereocenters. The smallest absolute Gasteiger partial charge is 0.165 e. The highest BCUT2D eigenvalue weighted by Crippen LogP contribution is 2.32. The number of para-hydroxylation sites is 1. The van der Waals surface area contributed by atoms with Crippen molar-refractivity contribution in [2.75, 3.05) is 27.3 Å². The van der Waals surface area contributed by atoms with E-state index in [2.05, 4.69) is 17.9 Å². The lowest BCUT2D eigenvalue weighted by atomic mass is 9.99. The Morgan fingerprint density at radius 3 is 2.50 bits per heavy atom. The van der Waals surface area contributed by atoms with Crippen molar-refractivity contribution in [1.82, 2.24) is 4.90 Å². The summed E-state index contributed by atoms with van der Waals surface area (Å²) in [6.45, 7) is 5.65. The average molecular weight is 249 g/mol. The highest BCUT2D eigenvalue weighted by atomic mass is 16.5. The van der Waals surface area contributed by atoms with Crippen LogP contribution in [0.3, 0.4) is 0 Å². The van der Waals surface area contributed by atoms with Gasteiger partial charge in [-0.1, -0.05) is 19.1 Å². The van der Waals surface area contributed by atoms with Gasteiger partial charge in [-0.15, -0.1) is 0 Å². The van der Waals surface area contributed by atoms with Gasteiger partial charge < -0.3 is 9.47 Å². The van der Waals surface area contributed by atoms with Crippen LogP contribution in [0.2, 0.25) is 0 Å². The van der Waals surface area contributed by atoms with Gasteiger partial charge in [0.1, 0.15) is 0 Å². The molecule has 1 aliphatic rings. The Morgan fingerprint density at radius 2 is 1.89 bits per heavy atom. The van der Waals surface area contributed by atoms with E-state index in [1.165, 1.54) is 31.5 Å². The molecule has 1 fully saturated rings. The zero-order chi connectivity index (χ0) is 13.0. The number of nitrogens with zero attached hydrogens (tertiary/aromatic N) is 1. The maximum atomic E-state index is 5.48. The molecule has 0 aliphatic carbocycles. The molecule has 0 bridgehead atoms. The topological polar surface area (TPSA) is 21.7 Å². The molecule has 1 aromatic rings. The van der Waals surface area contributed by atoms with Crippen molar-refractivity contribution in [3.8, 4) is 11.5 Å². The minimum atomic E-state index is 0.820. The monoisotopic (exact) mass is 249 g/mol. The standard InChI is InChI=1S/C15H23NO2/c1-12-7-9-16(10-8-12)11-13-5-4-6-14(17-2)15(13)18-3/h4-6,12H,7-11H2,1-3H3. The van der Waals surface area contributed by atoms with Crippen LogP contribution >= 0.6 is 0 Å². The number of likely N-dealkylation sites (tertiary alicyclic amines) is 1. The molecule has 0 aromatic heterocycles. The fourth-order valence-corrected chi connectivity index (χ4v) is 2.54. The molecule has 0 spiro atoms. The lowest BCUT2D eigenvalue weighted by molar-refractivity contribution is 0.183. The number of methoxy groups -OCH3 is 2. The predicted octanol–water partition coefficient (Wildman–Crippen LogP) is 2.94. The first-order valence-corrected chi connectivity index (χ1v) is 6.66. The summed E-state index contributed by atoms with van der Waals surface area (Å²) in [5.41, 5.74) is 1.21. The van der Waals surface area contributed by atoms with Crippen LogP contribution in [0.1, 0.15) is 25.3 Å². The van der Waals surface area contributed by atoms with Gasteiger partial charge in [0, 0.05) is 12.1 Å². The van der Waals surface area contributed by atoms with Crippen molar-refractivity contribution in [2.24, 2.45) is 5.92 Å². The SMILES string of the molecule is COc1cccc(CN2CCC(C)CC2)c1OC. The van der Waals surface area contributed by atoms with Crippen LogP contribution in [0.15, 0.2) is 18.2 Å². The molecule has 0 saturated carbocycles. The number of hydrogen-bond donors (Lipinski definition) is 0. The molecular formula is C15H23NO2. The maximum Gasteiger partial charge on any atom is 0.165 e. The molecule has 2 rings (SSSR count). The zero-order valence-corrected chi connectivity index (χ0v) is 11.6. The Morgan fingerprint density at radius 1 is 1.17 bits per heavy atom. The second kappa shape index (κ2) is 6.10. The maximum absolute atomic E-state index is 5.48. The normalized spacial score (nSPS) is 17.7. The van der Waals surface area contributed by atoms with E-state index in [-0.39, 0.29) is 0 Å². The van der Waals surface area contributed by atoms with Gasteiger partial charge in [0.25, 0.3) is 0 Å². The molecular weight excluding hydrogens is 226 g/mol. The van der Waals surface area contributed by atoms with Gasteiger partial charge in [-0.3, -0.25) is 4.90 Å². The summed E-state index contributed by atoms with van der Waals surface area (Å²) in [6.07, 6.45) is 2.60. The van der Waals surface area contributed by atoms with Crippen molar-refractivity contribution >= 4 is 0 Å². The summed E-state index contributed by atoms with van der Waals surface area (Å²) in [5.74, 6) is 2.56. The Labute approximate surface area is 110 Å². The van der Waals surface area contributed by atoms with Crippen LogP contribution < -0.4 is 9.47 Å². The molecule has 1 aromatic carbocycles. The van der Waals surface area contributed by atoms with Gasteiger partial charge in [0.15, 0.2) is 11.5 Å². The first-order valence-electron chi connectivity index (χ1n) is 6.66. The molecule has 3 heteroatoms. The van der Waals surface area contributed by atoms with E-state index < -0.39 is 0 Å². The zero-order valence-electron chi connectivity index (χ0n) is 11.6. The van der Waals surface area contributed by atoms with Crippen LogP contribution in [-0.4, -0.2) is 32.2 Å². The second-order valence-corrected chi connectivity index (χ2v) is 5.11. The van der Waals surface area contributed by atoms with Crippen molar-refractivity contribution in [1.29, 1.82) is 0 Å². The summed E-state index contributed by atoms with van der Waals surface area (Å²) in [6, 6.07) is 6.10. The van der Waals surface area contributed by atoms with Gasteiger partial charge in [-0.25, -0.2) is 0 Å². The quantitative estimate of drug-likeness (QED) is 0.819. The van der Waals surface area contributed by atoms with Crippen LogP contribution in [0.4, 0.5) is 0 Å². The number of piperidine rings is 1. The minimum absolute atomic E-state index is 0.820. The molecule has 100 valence electrons. The summed E-state index contributed by atoms with van der Waals surface area (Å²) in [7, 11) is 3.39. The van der Waals surface area contributed by atoms with Crippen molar-refractivity contribution < 1.29 is 9.47 Å². The van der Waals surface area contributed by atoms with E-state index in [1.807, 2.05) is 12.1 Å². The van der Waals surface area contributed by atoms with Crippen LogP contribution in [0, 0.1) is 5.92 Å². The van der Waals surface area contributed by atoms with E-state index in [0.29, 0.717) is 0 Å². The van der Waals surface area contributed by atoms with E-state index in [1.54, 1.807) is 14.2 Å². The average Bonchev–Trinajstić information content (AvgIpc) is 2.41. The molecule has 1 heterocycles. The number of rotatable bonds is 4. The first-order chi connectivity index (χ1) is 8.74. The van der Waals surface area contributed by atoms with E-state index in [4.69, 9.17) is 9.47 Å². The van der Waals surface area contributed by atoms with E-state index in [9.17, 15) is 0 Å². The Kier molecular flexibility index (Phi) is 4.48. The van der Waals surface area contributed by atoms with Crippen LogP contribution in [0.5, 0.6) is 11.5 Å². The highest BCUT2D eigenvalue weighted by Gasteiger charge is 2.18. The Hall–Kier alpha value is -1.22. The van der Waals surface area contributed by atoms with E-state index in [0.717, 1.165) is 24.0 Å². The van der Waals surface area contributed by atoms with Gasteiger partial charge in [-0.2, -0.15) is 0 Å². The fraction of sp³-hybridized carbons (Fsp3) is 0.600. The van der Waals surface area contributed by atoms with Crippen molar-refractivity contribution in [3.05, 3.63) is 23.8 Å². The molecule has 1 saturated heterocycles. The summed E-state index contributed by atoms with van der Waals surface area (Å²) < 4.78 is 10.8. The van der Waals surface area contributed by atoms with Crippen molar-refractivity contribution in [3.63, 3.8) is 0 Å². The number of hydrogen-bond acceptors (Lipinski definition) is 3. The molecule has 18 heavy (non-hydrogen) atoms. The van der Waals surface area contributed by atoms with Crippen molar-refractivity contribution in [2.45, 2.75) is 26.3 Å². The lowest BCUT2D eigenvalue weighted by Crippen LogP contribution is -2.32. The molecule has 0 N–H and O–H groups in total. The van der Waals surface area contributed by atoms with Gasteiger partial charge >= 0.3 is 0 Å².